The molecule has 2 fully saturated rings. The third kappa shape index (κ3) is 4.71. The predicted molar refractivity (Wildman–Crippen MR) is 97.7 cm³/mol. The van der Waals surface area contributed by atoms with Crippen LogP contribution in [0.1, 0.15) is 23.2 Å². The Hall–Kier alpha value is -1.63. The first kappa shape index (κ1) is 19.7. The number of carbonyl (C=O) groups is 2. The fourth-order valence-corrected chi connectivity index (χ4v) is 3.38. The van der Waals surface area contributed by atoms with Crippen LogP contribution in [-0.4, -0.2) is 67.0 Å². The van der Waals surface area contributed by atoms with Crippen molar-refractivity contribution in [2.75, 3.05) is 39.4 Å². The number of hydrogen-bond acceptors (Lipinski definition) is 4. The molecule has 0 bridgehead atoms. The minimum Gasteiger partial charge on any atom is -0.381 e. The van der Waals surface area contributed by atoms with Gasteiger partial charge in [-0.15, -0.1) is 12.4 Å². The molecule has 0 radical (unpaired) electrons. The third-order valence-corrected chi connectivity index (χ3v) is 4.96. The summed E-state index contributed by atoms with van der Waals surface area (Å²) in [5.41, 5.74) is 6.87. The van der Waals surface area contributed by atoms with Gasteiger partial charge in [-0.25, -0.2) is 0 Å². The SMILES string of the molecule is Cl.NC(C(=O)N1CCN(C(=O)c2ccccc2)CC1)C1CCOCC1. The van der Waals surface area contributed by atoms with E-state index in [0.29, 0.717) is 45.0 Å². The maximum Gasteiger partial charge on any atom is 0.253 e. The van der Waals surface area contributed by atoms with Crippen LogP contribution in [0.15, 0.2) is 30.3 Å². The molecule has 1 atom stereocenters. The summed E-state index contributed by atoms with van der Waals surface area (Å²) in [6.45, 7) is 3.58. The smallest absolute Gasteiger partial charge is 0.253 e. The molecule has 6 nitrogen and oxygen atoms in total. The highest BCUT2D eigenvalue weighted by atomic mass is 35.5. The van der Waals surface area contributed by atoms with E-state index in [1.807, 2.05) is 30.3 Å². The molecule has 2 amide bonds. The quantitative estimate of drug-likeness (QED) is 0.869. The number of piperazine rings is 1. The van der Waals surface area contributed by atoms with Crippen molar-refractivity contribution in [1.82, 2.24) is 9.80 Å². The van der Waals surface area contributed by atoms with Crippen molar-refractivity contribution in [3.63, 3.8) is 0 Å². The van der Waals surface area contributed by atoms with Crippen molar-refractivity contribution < 1.29 is 14.3 Å². The molecule has 25 heavy (non-hydrogen) atoms. The van der Waals surface area contributed by atoms with E-state index >= 15 is 0 Å². The Bertz CT molecular complexity index is 570. The lowest BCUT2D eigenvalue weighted by atomic mass is 9.91. The van der Waals surface area contributed by atoms with Crippen molar-refractivity contribution in [2.24, 2.45) is 11.7 Å². The Morgan fingerprint density at radius 3 is 2.16 bits per heavy atom. The fourth-order valence-electron chi connectivity index (χ4n) is 3.38. The maximum atomic E-state index is 12.6. The number of halogens is 1. The molecular weight excluding hydrogens is 342 g/mol. The highest BCUT2D eigenvalue weighted by Crippen LogP contribution is 2.19. The van der Waals surface area contributed by atoms with E-state index < -0.39 is 6.04 Å². The molecule has 138 valence electrons. The zero-order valence-corrected chi connectivity index (χ0v) is 15.1. The number of amides is 2. The molecule has 2 aliphatic heterocycles. The summed E-state index contributed by atoms with van der Waals surface area (Å²) in [5, 5.41) is 0. The van der Waals surface area contributed by atoms with E-state index in [0.717, 1.165) is 12.8 Å². The van der Waals surface area contributed by atoms with Crippen molar-refractivity contribution in [3.8, 4) is 0 Å². The van der Waals surface area contributed by atoms with Gasteiger partial charge >= 0.3 is 0 Å². The van der Waals surface area contributed by atoms with Crippen LogP contribution in [0.3, 0.4) is 0 Å². The monoisotopic (exact) mass is 367 g/mol. The molecule has 0 saturated carbocycles. The average Bonchev–Trinajstić information content (AvgIpc) is 2.68. The van der Waals surface area contributed by atoms with Gasteiger partial charge in [-0.3, -0.25) is 9.59 Å². The standard InChI is InChI=1S/C18H25N3O3.ClH/c19-16(14-6-12-24-13-7-14)18(23)21-10-8-20(9-11-21)17(22)15-4-2-1-3-5-15;/h1-5,14,16H,6-13,19H2;1H. The van der Waals surface area contributed by atoms with Crippen LogP contribution in [0.25, 0.3) is 0 Å². The van der Waals surface area contributed by atoms with Gasteiger partial charge in [0.15, 0.2) is 0 Å². The Morgan fingerprint density at radius 2 is 1.56 bits per heavy atom. The Labute approximate surface area is 154 Å². The lowest BCUT2D eigenvalue weighted by Gasteiger charge is -2.37. The number of nitrogens with two attached hydrogens (primary N) is 1. The first-order chi connectivity index (χ1) is 11.7. The topological polar surface area (TPSA) is 75.9 Å². The summed E-state index contributed by atoms with van der Waals surface area (Å²) in [7, 11) is 0. The summed E-state index contributed by atoms with van der Waals surface area (Å²) in [6.07, 6.45) is 1.69. The van der Waals surface area contributed by atoms with Gasteiger partial charge in [-0.1, -0.05) is 18.2 Å². The number of rotatable bonds is 3. The van der Waals surface area contributed by atoms with E-state index in [-0.39, 0.29) is 30.1 Å². The summed E-state index contributed by atoms with van der Waals surface area (Å²) >= 11 is 0. The number of benzene rings is 1. The highest BCUT2D eigenvalue weighted by molar-refractivity contribution is 5.94. The van der Waals surface area contributed by atoms with Gasteiger partial charge < -0.3 is 20.3 Å². The Kier molecular flexibility index (Phi) is 7.23. The molecule has 3 rings (SSSR count). The largest absolute Gasteiger partial charge is 0.381 e. The van der Waals surface area contributed by atoms with Crippen LogP contribution < -0.4 is 5.73 Å². The zero-order valence-electron chi connectivity index (χ0n) is 14.3. The molecule has 2 heterocycles. The Balaban J connectivity index is 0.00000225. The number of carbonyl (C=O) groups excluding carboxylic acids is 2. The van der Waals surface area contributed by atoms with E-state index in [9.17, 15) is 9.59 Å². The summed E-state index contributed by atoms with van der Waals surface area (Å²) in [4.78, 5) is 28.6. The molecule has 1 aromatic carbocycles. The zero-order chi connectivity index (χ0) is 16.9. The second-order valence-corrected chi connectivity index (χ2v) is 6.46. The molecule has 7 heteroatoms. The van der Waals surface area contributed by atoms with Crippen LogP contribution in [-0.2, 0) is 9.53 Å². The van der Waals surface area contributed by atoms with E-state index in [2.05, 4.69) is 0 Å². The van der Waals surface area contributed by atoms with Crippen LogP contribution in [0, 0.1) is 5.92 Å². The molecule has 0 aliphatic carbocycles. The first-order valence-electron chi connectivity index (χ1n) is 8.63. The van der Waals surface area contributed by atoms with Crippen molar-refractivity contribution in [1.29, 1.82) is 0 Å². The van der Waals surface area contributed by atoms with E-state index in [4.69, 9.17) is 10.5 Å². The van der Waals surface area contributed by atoms with Gasteiger partial charge in [-0.05, 0) is 30.9 Å². The summed E-state index contributed by atoms with van der Waals surface area (Å²) in [5.74, 6) is 0.236. The minimum atomic E-state index is -0.453. The molecule has 1 aromatic rings. The summed E-state index contributed by atoms with van der Waals surface area (Å²) in [6, 6.07) is 8.80. The molecule has 0 aromatic heterocycles. The van der Waals surface area contributed by atoms with Crippen molar-refractivity contribution >= 4 is 24.2 Å². The normalized spacial score (nSPS) is 19.9. The molecule has 2 N–H and O–H groups in total. The minimum absolute atomic E-state index is 0. The van der Waals surface area contributed by atoms with Crippen LogP contribution in [0.4, 0.5) is 0 Å². The lowest BCUT2D eigenvalue weighted by molar-refractivity contribution is -0.136. The number of hydrogen-bond donors (Lipinski definition) is 1. The van der Waals surface area contributed by atoms with Gasteiger partial charge in [0, 0.05) is 45.0 Å². The van der Waals surface area contributed by atoms with Crippen molar-refractivity contribution in [2.45, 2.75) is 18.9 Å². The summed E-state index contributed by atoms with van der Waals surface area (Å²) < 4.78 is 5.33. The van der Waals surface area contributed by atoms with E-state index in [1.54, 1.807) is 9.80 Å². The fraction of sp³-hybridized carbons (Fsp3) is 0.556. The van der Waals surface area contributed by atoms with Gasteiger partial charge in [0.1, 0.15) is 0 Å². The van der Waals surface area contributed by atoms with Gasteiger partial charge in [0.2, 0.25) is 5.91 Å². The van der Waals surface area contributed by atoms with E-state index in [1.165, 1.54) is 0 Å². The third-order valence-electron chi connectivity index (χ3n) is 4.96. The van der Waals surface area contributed by atoms with Gasteiger partial charge in [0.25, 0.3) is 5.91 Å². The first-order valence-corrected chi connectivity index (χ1v) is 8.63. The molecule has 2 aliphatic rings. The second kappa shape index (κ2) is 9.17. The van der Waals surface area contributed by atoms with Gasteiger partial charge in [0.05, 0.1) is 6.04 Å². The molecule has 1 unspecified atom stereocenters. The van der Waals surface area contributed by atoms with Gasteiger partial charge in [-0.2, -0.15) is 0 Å². The second-order valence-electron chi connectivity index (χ2n) is 6.46. The maximum absolute atomic E-state index is 12.6. The lowest BCUT2D eigenvalue weighted by Crippen LogP contribution is -2.56. The molecule has 0 spiro atoms. The number of nitrogens with zero attached hydrogens (tertiary/aromatic N) is 2. The predicted octanol–water partition coefficient (Wildman–Crippen LogP) is 1.15. The van der Waals surface area contributed by atoms with Crippen LogP contribution >= 0.6 is 12.4 Å². The van der Waals surface area contributed by atoms with Crippen LogP contribution in [0.2, 0.25) is 0 Å². The highest BCUT2D eigenvalue weighted by Gasteiger charge is 2.32. The molecular formula is C18H26ClN3O3. The van der Waals surface area contributed by atoms with Crippen LogP contribution in [0.5, 0.6) is 0 Å². The van der Waals surface area contributed by atoms with Crippen molar-refractivity contribution in [3.05, 3.63) is 35.9 Å². The Morgan fingerprint density at radius 1 is 1.00 bits per heavy atom. The average molecular weight is 368 g/mol. The number of ether oxygens (including phenoxy) is 1. The molecule has 2 saturated heterocycles.